The summed E-state index contributed by atoms with van der Waals surface area (Å²) in [6.07, 6.45) is 10.7. The molecule has 3 aromatic carbocycles. The summed E-state index contributed by atoms with van der Waals surface area (Å²) in [5, 5.41) is 3.30. The highest BCUT2D eigenvalue weighted by Gasteiger charge is 2.70. The van der Waals surface area contributed by atoms with E-state index < -0.39 is 18.8 Å². The lowest BCUT2D eigenvalue weighted by atomic mass is 9.44. The minimum atomic E-state index is -2.73. The fourth-order valence-electron chi connectivity index (χ4n) is 12.2. The van der Waals surface area contributed by atoms with E-state index in [0.29, 0.717) is 23.7 Å². The Bertz CT molecular complexity index is 1340. The molecule has 9 atom stereocenters. The van der Waals surface area contributed by atoms with E-state index >= 15 is 8.78 Å². The first-order valence-corrected chi connectivity index (χ1v) is 20.0. The molecule has 3 aromatic rings. The van der Waals surface area contributed by atoms with Crippen LogP contribution in [0.2, 0.25) is 0 Å². The third-order valence-electron chi connectivity index (χ3n) is 14.2. The van der Waals surface area contributed by atoms with Gasteiger partial charge in [-0.3, -0.25) is 0 Å². The van der Waals surface area contributed by atoms with Gasteiger partial charge in [0.15, 0.2) is 0 Å². The Hall–Kier alpha value is -2.05. The van der Waals surface area contributed by atoms with Crippen LogP contribution in [0.4, 0.5) is 8.78 Å². The lowest BCUT2D eigenvalue weighted by molar-refractivity contribution is -0.161. The summed E-state index contributed by atoms with van der Waals surface area (Å²) in [5.74, 6) is 0.991. The standard InChI is InChI=1S/C42H54F2P/c1-5-15-30(2)36-24-25-37-35-23-22-31-28-42(43,44)39(29-41(31,4)38(35)26-27-40(36,37)3)45(32-16-9-6-10-17-32,33-18-11-7-12-19-33)34-20-13-8-14-21-34/h6-14,16-21,30-31,35-39H,5,15,22-29H2,1-4H3/q+1/t30?,31-,35?,36?,37?,38?,39?,40-,41+/m1/s1. The van der Waals surface area contributed by atoms with Crippen molar-refractivity contribution in [3.8, 4) is 0 Å². The van der Waals surface area contributed by atoms with Crippen molar-refractivity contribution in [3.05, 3.63) is 91.0 Å². The number of benzene rings is 3. The predicted molar refractivity (Wildman–Crippen MR) is 189 cm³/mol. The van der Waals surface area contributed by atoms with Crippen molar-refractivity contribution in [1.82, 2.24) is 0 Å². The van der Waals surface area contributed by atoms with Gasteiger partial charge in [-0.2, -0.15) is 0 Å². The summed E-state index contributed by atoms with van der Waals surface area (Å²) in [4.78, 5) is 0. The van der Waals surface area contributed by atoms with Crippen molar-refractivity contribution in [3.63, 3.8) is 0 Å². The molecular formula is C42H54F2P+. The second-order valence-electron chi connectivity index (χ2n) is 16.1. The normalized spacial score (nSPS) is 36.4. The molecule has 0 N–H and O–H groups in total. The van der Waals surface area contributed by atoms with E-state index in [9.17, 15) is 0 Å². The first-order chi connectivity index (χ1) is 21.7. The predicted octanol–water partition coefficient (Wildman–Crippen LogP) is 10.7. The highest BCUT2D eigenvalue weighted by atomic mass is 31.2. The van der Waals surface area contributed by atoms with Crippen molar-refractivity contribution in [2.45, 2.75) is 103 Å². The van der Waals surface area contributed by atoms with E-state index in [0.717, 1.165) is 46.5 Å². The van der Waals surface area contributed by atoms with Crippen molar-refractivity contribution in [1.29, 1.82) is 0 Å². The molecule has 45 heavy (non-hydrogen) atoms. The molecule has 6 unspecified atom stereocenters. The van der Waals surface area contributed by atoms with Crippen LogP contribution in [-0.2, 0) is 0 Å². The van der Waals surface area contributed by atoms with Crippen LogP contribution in [0.5, 0.6) is 0 Å². The molecule has 0 aliphatic heterocycles. The van der Waals surface area contributed by atoms with Gasteiger partial charge in [-0.05, 0) is 128 Å². The van der Waals surface area contributed by atoms with E-state index in [4.69, 9.17) is 0 Å². The van der Waals surface area contributed by atoms with E-state index in [1.54, 1.807) is 0 Å². The Kier molecular flexibility index (Phi) is 8.33. The van der Waals surface area contributed by atoms with Gasteiger partial charge in [-0.1, -0.05) is 95.1 Å². The average molecular weight is 628 g/mol. The number of hydrogen-bond acceptors (Lipinski definition) is 0. The number of alkyl halides is 2. The van der Waals surface area contributed by atoms with E-state index in [-0.39, 0.29) is 17.8 Å². The minimum absolute atomic E-state index is 0.0454. The molecule has 0 spiro atoms. The highest BCUT2D eigenvalue weighted by Crippen LogP contribution is 2.74. The monoisotopic (exact) mass is 627 g/mol. The van der Waals surface area contributed by atoms with Crippen LogP contribution in [0, 0.1) is 46.3 Å². The molecule has 4 aliphatic rings. The molecule has 0 nitrogen and oxygen atoms in total. The molecule has 7 rings (SSSR count). The average Bonchev–Trinajstić information content (AvgIpc) is 3.41. The van der Waals surface area contributed by atoms with Crippen molar-refractivity contribution < 1.29 is 8.78 Å². The molecule has 0 radical (unpaired) electrons. The van der Waals surface area contributed by atoms with Crippen LogP contribution in [0.25, 0.3) is 0 Å². The second-order valence-corrected chi connectivity index (χ2v) is 19.7. The van der Waals surface area contributed by atoms with E-state index in [1.807, 2.05) is 18.2 Å². The van der Waals surface area contributed by atoms with Gasteiger partial charge in [0.1, 0.15) is 28.8 Å². The summed E-state index contributed by atoms with van der Waals surface area (Å²) in [6.45, 7) is 9.98. The molecule has 0 saturated heterocycles. The largest absolute Gasteiger partial charge is 0.285 e. The van der Waals surface area contributed by atoms with Gasteiger partial charge in [0, 0.05) is 6.42 Å². The zero-order chi connectivity index (χ0) is 31.5. The number of hydrogen-bond donors (Lipinski definition) is 0. The van der Waals surface area contributed by atoms with Gasteiger partial charge >= 0.3 is 0 Å². The Labute approximate surface area is 272 Å². The van der Waals surface area contributed by atoms with Crippen LogP contribution in [0.3, 0.4) is 0 Å². The summed E-state index contributed by atoms with van der Waals surface area (Å²) in [5.41, 5.74) is -0.356. The van der Waals surface area contributed by atoms with Gasteiger partial charge in [-0.15, -0.1) is 0 Å². The lowest BCUT2D eigenvalue weighted by Gasteiger charge is -2.62. The third-order valence-corrected chi connectivity index (χ3v) is 19.0. The fraction of sp³-hybridized carbons (Fsp3) is 0.571. The Morgan fingerprint density at radius 2 is 1.22 bits per heavy atom. The Morgan fingerprint density at radius 1 is 0.689 bits per heavy atom. The van der Waals surface area contributed by atoms with Gasteiger partial charge in [0.2, 0.25) is 0 Å². The smallest absolute Gasteiger partial charge is 0.202 e. The lowest BCUT2D eigenvalue weighted by Crippen LogP contribution is -2.60. The summed E-state index contributed by atoms with van der Waals surface area (Å²) < 4.78 is 34.6. The van der Waals surface area contributed by atoms with Crippen LogP contribution < -0.4 is 15.9 Å². The van der Waals surface area contributed by atoms with Gasteiger partial charge in [0.25, 0.3) is 5.92 Å². The molecule has 0 amide bonds. The number of fused-ring (bicyclic) bond motifs is 5. The van der Waals surface area contributed by atoms with Gasteiger partial charge in [-0.25, -0.2) is 8.78 Å². The molecule has 0 heterocycles. The van der Waals surface area contributed by atoms with E-state index in [1.165, 1.54) is 38.5 Å². The van der Waals surface area contributed by atoms with Crippen LogP contribution in [0.15, 0.2) is 91.0 Å². The topological polar surface area (TPSA) is 0 Å². The SMILES string of the molecule is CCCC(C)C1CCC2C3CC[C@@H]4CC(F)(F)C([P+](c5ccccc5)(c5ccccc5)c5ccccc5)C[C@]4(C)C3CC[C@]12C. The van der Waals surface area contributed by atoms with Crippen LogP contribution >= 0.6 is 7.26 Å². The van der Waals surface area contributed by atoms with Crippen molar-refractivity contribution in [2.24, 2.45) is 46.3 Å². The molecule has 0 aromatic heterocycles. The quantitative estimate of drug-likeness (QED) is 0.229. The van der Waals surface area contributed by atoms with Crippen molar-refractivity contribution in [2.75, 3.05) is 0 Å². The molecule has 4 fully saturated rings. The maximum absolute atomic E-state index is 17.3. The molecule has 240 valence electrons. The number of rotatable bonds is 7. The second kappa shape index (κ2) is 11.9. The zero-order valence-corrected chi connectivity index (χ0v) is 28.9. The summed E-state index contributed by atoms with van der Waals surface area (Å²) in [6, 6.07) is 31.4. The molecule has 0 bridgehead atoms. The maximum Gasteiger partial charge on any atom is 0.285 e. The molecule has 3 heteroatoms. The number of halogens is 2. The first-order valence-electron chi connectivity index (χ1n) is 18.1. The fourth-order valence-corrected chi connectivity index (χ4v) is 17.5. The van der Waals surface area contributed by atoms with Gasteiger partial charge < -0.3 is 0 Å². The van der Waals surface area contributed by atoms with Gasteiger partial charge in [0.05, 0.1) is 0 Å². The first kappa shape index (κ1) is 31.5. The van der Waals surface area contributed by atoms with Crippen LogP contribution in [0.1, 0.15) is 91.9 Å². The third kappa shape index (κ3) is 4.90. The zero-order valence-electron chi connectivity index (χ0n) is 28.0. The molecule has 4 saturated carbocycles. The van der Waals surface area contributed by atoms with E-state index in [2.05, 4.69) is 100 Å². The minimum Gasteiger partial charge on any atom is -0.202 e. The Morgan fingerprint density at radius 3 is 1.76 bits per heavy atom. The molecular weight excluding hydrogens is 573 g/mol. The molecule has 4 aliphatic carbocycles. The maximum atomic E-state index is 17.3. The Balaban J connectivity index is 1.34. The highest BCUT2D eigenvalue weighted by molar-refractivity contribution is 7.96. The van der Waals surface area contributed by atoms with Crippen molar-refractivity contribution >= 4 is 23.2 Å². The summed E-state index contributed by atoms with van der Waals surface area (Å²) in [7, 11) is -2.72. The summed E-state index contributed by atoms with van der Waals surface area (Å²) >= 11 is 0. The van der Waals surface area contributed by atoms with Crippen LogP contribution in [-0.4, -0.2) is 11.6 Å².